The van der Waals surface area contributed by atoms with Crippen LogP contribution in [0.1, 0.15) is 0 Å². The third-order valence-electron chi connectivity index (χ3n) is 0. The maximum absolute atomic E-state index is 0. The molecule has 0 saturated carbocycles. The van der Waals surface area contributed by atoms with Gasteiger partial charge in [0.05, 0.1) is 0 Å². The zero-order valence-electron chi connectivity index (χ0n) is 2.78. The molecule has 0 saturated heterocycles. The van der Waals surface area contributed by atoms with E-state index in [1.807, 2.05) is 0 Å². The first-order valence-electron chi connectivity index (χ1n) is 0. The summed E-state index contributed by atoms with van der Waals surface area (Å²) in [5, 5.41) is 0. The Labute approximate surface area is 59.5 Å². The minimum Gasteiger partial charge on any atom is -0.197 e. The third-order valence-corrected chi connectivity index (χ3v) is 0. The van der Waals surface area contributed by atoms with E-state index in [0.717, 1.165) is 0 Å². The average Bonchev–Trinajstić information content (AvgIpc) is 0. The molecule has 0 aliphatic heterocycles. The Morgan fingerprint density at radius 1 is 1.00 bits per heavy atom. The standard InChI is InChI=1S/Al.Li.H3P.H2S/h;;1H3;1H2. The first-order valence-corrected chi connectivity index (χ1v) is 0. The molecule has 4 radical (unpaired) electrons. The van der Waals surface area contributed by atoms with Crippen molar-refractivity contribution in [3.63, 3.8) is 0 Å². The molecule has 1 unspecified atom stereocenters. The molecule has 4 heavy (non-hydrogen) atoms. The van der Waals surface area contributed by atoms with Crippen molar-refractivity contribution in [2.75, 3.05) is 0 Å². The van der Waals surface area contributed by atoms with Gasteiger partial charge in [0.15, 0.2) is 0 Å². The van der Waals surface area contributed by atoms with Gasteiger partial charge >= 0.3 is 0 Å². The van der Waals surface area contributed by atoms with Gasteiger partial charge in [0.25, 0.3) is 0 Å². The summed E-state index contributed by atoms with van der Waals surface area (Å²) in [6.45, 7) is 0. The second-order valence-electron chi connectivity index (χ2n) is 0. The summed E-state index contributed by atoms with van der Waals surface area (Å²) in [5.41, 5.74) is 0. The molecule has 0 spiro atoms. The Bertz CT molecular complexity index is 8.00. The normalized spacial score (nSPS) is 0. The summed E-state index contributed by atoms with van der Waals surface area (Å²) in [7, 11) is 0. The van der Waals surface area contributed by atoms with E-state index < -0.39 is 0 Å². The van der Waals surface area contributed by atoms with Crippen LogP contribution in [0.15, 0.2) is 0 Å². The van der Waals surface area contributed by atoms with Crippen LogP contribution in [-0.2, 0) is 0 Å². The van der Waals surface area contributed by atoms with E-state index in [4.69, 9.17) is 0 Å². The zero-order chi connectivity index (χ0) is 0. The fourth-order valence-electron chi connectivity index (χ4n) is 0. The van der Waals surface area contributed by atoms with Crippen LogP contribution < -0.4 is 0 Å². The van der Waals surface area contributed by atoms with Crippen LogP contribution in [-0.4, -0.2) is 36.2 Å². The monoisotopic (exact) mass is 102 g/mol. The molecule has 0 rings (SSSR count). The number of rotatable bonds is 0. The first-order chi connectivity index (χ1) is 0. The smallest absolute Gasteiger partial charge is 0 e. The Hall–Kier alpha value is 1.91. The Morgan fingerprint density at radius 3 is 1.00 bits per heavy atom. The van der Waals surface area contributed by atoms with Gasteiger partial charge in [-0.25, -0.2) is 0 Å². The van der Waals surface area contributed by atoms with Gasteiger partial charge in [0, 0.05) is 36.2 Å². The Morgan fingerprint density at radius 2 is 1.00 bits per heavy atom. The van der Waals surface area contributed by atoms with Gasteiger partial charge in [0.2, 0.25) is 0 Å². The summed E-state index contributed by atoms with van der Waals surface area (Å²) in [5.74, 6) is 0. The van der Waals surface area contributed by atoms with Crippen molar-refractivity contribution in [2.45, 2.75) is 0 Å². The minimum absolute atomic E-state index is 0. The molecule has 0 aromatic carbocycles. The van der Waals surface area contributed by atoms with E-state index in [1.165, 1.54) is 0 Å². The summed E-state index contributed by atoms with van der Waals surface area (Å²) >= 11 is 0. The van der Waals surface area contributed by atoms with Crippen molar-refractivity contribution in [1.82, 2.24) is 0 Å². The van der Waals surface area contributed by atoms with Crippen molar-refractivity contribution >= 4 is 59.6 Å². The largest absolute Gasteiger partial charge is 0.197 e. The van der Waals surface area contributed by atoms with E-state index in [1.54, 1.807) is 0 Å². The van der Waals surface area contributed by atoms with Gasteiger partial charge in [-0.05, 0) is 0 Å². The molecule has 20 valence electrons. The van der Waals surface area contributed by atoms with E-state index in [2.05, 4.69) is 0 Å². The summed E-state index contributed by atoms with van der Waals surface area (Å²) in [6.07, 6.45) is 0. The first kappa shape index (κ1) is 39.1. The molecule has 4 heteroatoms. The van der Waals surface area contributed by atoms with Gasteiger partial charge in [-0.1, -0.05) is 0 Å². The van der Waals surface area contributed by atoms with Crippen LogP contribution in [0.25, 0.3) is 0 Å². The molecular weight excluding hydrogens is 97.0 g/mol. The second-order valence-corrected chi connectivity index (χ2v) is 0. The van der Waals surface area contributed by atoms with Crippen molar-refractivity contribution in [3.05, 3.63) is 0 Å². The fraction of sp³-hybridized carbons (Fsp3) is 0. The molecular formula is H5AlLiPS. The van der Waals surface area contributed by atoms with Gasteiger partial charge in [-0.15, -0.1) is 0 Å². The van der Waals surface area contributed by atoms with Crippen LogP contribution in [0.2, 0.25) is 0 Å². The van der Waals surface area contributed by atoms with Gasteiger partial charge < -0.3 is 0 Å². The van der Waals surface area contributed by atoms with E-state index >= 15 is 0 Å². The molecule has 0 bridgehead atoms. The van der Waals surface area contributed by atoms with Crippen LogP contribution in [0, 0.1) is 0 Å². The van der Waals surface area contributed by atoms with Gasteiger partial charge in [-0.3, -0.25) is 0 Å². The molecule has 0 aromatic heterocycles. The molecule has 0 aliphatic rings. The minimum atomic E-state index is 0. The maximum Gasteiger partial charge on any atom is 0 e. The van der Waals surface area contributed by atoms with E-state index in [9.17, 15) is 0 Å². The van der Waals surface area contributed by atoms with Crippen LogP contribution in [0.5, 0.6) is 0 Å². The van der Waals surface area contributed by atoms with Crippen LogP contribution in [0.4, 0.5) is 0 Å². The molecule has 0 aromatic rings. The molecule has 1 atom stereocenters. The topological polar surface area (TPSA) is 0 Å². The third kappa shape index (κ3) is 9.08. The van der Waals surface area contributed by atoms with Crippen LogP contribution in [0.3, 0.4) is 0 Å². The van der Waals surface area contributed by atoms with E-state index in [0.29, 0.717) is 0 Å². The summed E-state index contributed by atoms with van der Waals surface area (Å²) in [6, 6.07) is 0. The quantitative estimate of drug-likeness (QED) is 0.283. The molecule has 0 heterocycles. The fourth-order valence-corrected chi connectivity index (χ4v) is 0. The SMILES string of the molecule is P.S.[Al].[Li]. The average molecular weight is 102 g/mol. The molecule has 0 aliphatic carbocycles. The van der Waals surface area contributed by atoms with Crippen molar-refractivity contribution < 1.29 is 0 Å². The number of hydrogen-bond donors (Lipinski definition) is 0. The predicted octanol–water partition coefficient (Wildman–Crippen LogP) is -0.591. The Kier molecular flexibility index (Phi) is 201. The van der Waals surface area contributed by atoms with Crippen molar-refractivity contribution in [3.8, 4) is 0 Å². The van der Waals surface area contributed by atoms with E-state index in [-0.39, 0.29) is 59.6 Å². The molecule has 0 nitrogen and oxygen atoms in total. The second kappa shape index (κ2) is 20.6. The Balaban J connectivity index is 0. The molecule has 0 N–H and O–H groups in total. The van der Waals surface area contributed by atoms with Crippen LogP contribution >= 0.6 is 23.4 Å². The molecule has 0 fully saturated rings. The van der Waals surface area contributed by atoms with Crippen molar-refractivity contribution in [2.24, 2.45) is 0 Å². The zero-order valence-corrected chi connectivity index (χ0v) is 6.35. The predicted molar refractivity (Wildman–Crippen MR) is 33.0 cm³/mol. The summed E-state index contributed by atoms with van der Waals surface area (Å²) in [4.78, 5) is 0. The summed E-state index contributed by atoms with van der Waals surface area (Å²) < 4.78 is 0. The number of hydrogen-bond acceptors (Lipinski definition) is 0. The van der Waals surface area contributed by atoms with Gasteiger partial charge in [0.1, 0.15) is 0 Å². The molecule has 0 amide bonds. The van der Waals surface area contributed by atoms with Gasteiger partial charge in [-0.2, -0.15) is 23.4 Å². The maximum atomic E-state index is 0. The van der Waals surface area contributed by atoms with Crippen molar-refractivity contribution in [1.29, 1.82) is 0 Å².